The van der Waals surface area contributed by atoms with Gasteiger partial charge in [0, 0.05) is 6.54 Å². The largest absolute Gasteiger partial charge is 0.415 e. The van der Waals surface area contributed by atoms with Gasteiger partial charge in [0.05, 0.1) is 6.04 Å². The second-order valence-electron chi connectivity index (χ2n) is 4.34. The number of benzene rings is 1. The number of piperidine rings is 1. The first kappa shape index (κ1) is 12.4. The first-order valence-corrected chi connectivity index (χ1v) is 6.06. The van der Waals surface area contributed by atoms with E-state index in [-0.39, 0.29) is 11.9 Å². The van der Waals surface area contributed by atoms with Gasteiger partial charge in [-0.3, -0.25) is 10.3 Å². The minimum Gasteiger partial charge on any atom is -0.410 e. The van der Waals surface area contributed by atoms with Crippen molar-refractivity contribution in [1.29, 1.82) is 5.41 Å². The number of ether oxygens (including phenoxy) is 1. The Labute approximate surface area is 106 Å². The third kappa shape index (κ3) is 2.80. The summed E-state index contributed by atoms with van der Waals surface area (Å²) in [5, 5.41) is 7.52. The number of nitrogens with two attached hydrogens (primary N) is 1. The van der Waals surface area contributed by atoms with Gasteiger partial charge >= 0.3 is 6.09 Å². The highest BCUT2D eigenvalue weighted by Gasteiger charge is 2.30. The molecule has 0 aromatic heterocycles. The van der Waals surface area contributed by atoms with Crippen LogP contribution in [0, 0.1) is 5.41 Å². The summed E-state index contributed by atoms with van der Waals surface area (Å²) in [6.07, 6.45) is 2.22. The third-order valence-corrected chi connectivity index (χ3v) is 3.04. The Bertz CT molecular complexity index is 433. The SMILES string of the molecule is N=C(N)C1CCCCN1C(=O)Oc1ccccc1. The quantitative estimate of drug-likeness (QED) is 0.619. The lowest BCUT2D eigenvalue weighted by Crippen LogP contribution is -2.51. The van der Waals surface area contributed by atoms with E-state index >= 15 is 0 Å². The fraction of sp³-hybridized carbons (Fsp3) is 0.385. The number of hydrogen-bond donors (Lipinski definition) is 2. The second kappa shape index (κ2) is 5.53. The van der Waals surface area contributed by atoms with E-state index in [1.807, 2.05) is 6.07 Å². The van der Waals surface area contributed by atoms with Crippen LogP contribution in [0.4, 0.5) is 4.79 Å². The molecule has 0 saturated carbocycles. The Kier molecular flexibility index (Phi) is 3.82. The van der Waals surface area contributed by atoms with E-state index in [4.69, 9.17) is 15.9 Å². The number of amidine groups is 1. The Morgan fingerprint density at radius 2 is 2.06 bits per heavy atom. The molecule has 18 heavy (non-hydrogen) atoms. The first-order chi connectivity index (χ1) is 8.68. The highest BCUT2D eigenvalue weighted by molar-refractivity contribution is 5.87. The maximum Gasteiger partial charge on any atom is 0.415 e. The van der Waals surface area contributed by atoms with E-state index in [2.05, 4.69) is 0 Å². The van der Waals surface area contributed by atoms with Crippen LogP contribution in [-0.2, 0) is 0 Å². The topological polar surface area (TPSA) is 79.4 Å². The summed E-state index contributed by atoms with van der Waals surface area (Å²) in [4.78, 5) is 13.6. The van der Waals surface area contributed by atoms with Crippen molar-refractivity contribution < 1.29 is 9.53 Å². The normalized spacial score (nSPS) is 19.3. The number of carbonyl (C=O) groups is 1. The zero-order chi connectivity index (χ0) is 13.0. The van der Waals surface area contributed by atoms with Crippen molar-refractivity contribution in [2.24, 2.45) is 5.73 Å². The van der Waals surface area contributed by atoms with Crippen molar-refractivity contribution >= 4 is 11.9 Å². The van der Waals surface area contributed by atoms with Crippen molar-refractivity contribution in [2.75, 3.05) is 6.54 Å². The highest BCUT2D eigenvalue weighted by atomic mass is 16.6. The van der Waals surface area contributed by atoms with Gasteiger partial charge in [-0.15, -0.1) is 0 Å². The standard InChI is InChI=1S/C13H17N3O2/c14-12(15)11-8-4-5-9-16(11)13(17)18-10-6-2-1-3-7-10/h1-3,6-7,11H,4-5,8-9H2,(H3,14,15). The molecule has 1 amide bonds. The molecule has 0 aliphatic carbocycles. The number of likely N-dealkylation sites (tertiary alicyclic amines) is 1. The predicted octanol–water partition coefficient (Wildman–Crippen LogP) is 1.98. The molecule has 1 atom stereocenters. The molecule has 0 spiro atoms. The summed E-state index contributed by atoms with van der Waals surface area (Å²) in [5.41, 5.74) is 5.52. The van der Waals surface area contributed by atoms with Crippen molar-refractivity contribution in [2.45, 2.75) is 25.3 Å². The molecule has 1 aliphatic rings. The Balaban J connectivity index is 2.05. The molecule has 5 heteroatoms. The maximum absolute atomic E-state index is 12.0. The smallest absolute Gasteiger partial charge is 0.410 e. The number of nitrogens with zero attached hydrogens (tertiary/aromatic N) is 1. The molecule has 2 rings (SSSR count). The number of nitrogens with one attached hydrogen (secondary N) is 1. The molecule has 0 radical (unpaired) electrons. The van der Waals surface area contributed by atoms with Gasteiger partial charge in [0.1, 0.15) is 11.6 Å². The lowest BCUT2D eigenvalue weighted by molar-refractivity contribution is 0.130. The van der Waals surface area contributed by atoms with Crippen LogP contribution in [0.5, 0.6) is 5.75 Å². The zero-order valence-corrected chi connectivity index (χ0v) is 10.1. The summed E-state index contributed by atoms with van der Waals surface area (Å²) in [7, 11) is 0. The monoisotopic (exact) mass is 247 g/mol. The van der Waals surface area contributed by atoms with Gasteiger partial charge in [0.15, 0.2) is 0 Å². The molecule has 1 aliphatic heterocycles. The van der Waals surface area contributed by atoms with Crippen molar-refractivity contribution in [3.8, 4) is 5.75 Å². The third-order valence-electron chi connectivity index (χ3n) is 3.04. The van der Waals surface area contributed by atoms with E-state index in [0.29, 0.717) is 12.3 Å². The molecule has 0 bridgehead atoms. The lowest BCUT2D eigenvalue weighted by atomic mass is 10.0. The summed E-state index contributed by atoms with van der Waals surface area (Å²) in [6, 6.07) is 8.60. The molecule has 1 unspecified atom stereocenters. The van der Waals surface area contributed by atoms with Crippen LogP contribution < -0.4 is 10.5 Å². The highest BCUT2D eigenvalue weighted by Crippen LogP contribution is 2.19. The Morgan fingerprint density at radius 3 is 2.72 bits per heavy atom. The predicted molar refractivity (Wildman–Crippen MR) is 68.7 cm³/mol. The molecular weight excluding hydrogens is 230 g/mol. The van der Waals surface area contributed by atoms with Crippen molar-refractivity contribution in [3.63, 3.8) is 0 Å². The van der Waals surface area contributed by atoms with E-state index in [0.717, 1.165) is 19.3 Å². The molecule has 1 aromatic rings. The second-order valence-corrected chi connectivity index (χ2v) is 4.34. The van der Waals surface area contributed by atoms with Gasteiger partial charge in [-0.05, 0) is 31.4 Å². The molecule has 1 aromatic carbocycles. The van der Waals surface area contributed by atoms with Gasteiger partial charge in [-0.25, -0.2) is 4.79 Å². The molecule has 5 nitrogen and oxygen atoms in total. The maximum atomic E-state index is 12.0. The summed E-state index contributed by atoms with van der Waals surface area (Å²) < 4.78 is 5.27. The molecule has 1 heterocycles. The average Bonchev–Trinajstić information content (AvgIpc) is 2.40. The minimum absolute atomic E-state index is 0.0275. The van der Waals surface area contributed by atoms with Crippen LogP contribution in [-0.4, -0.2) is 29.4 Å². The molecule has 3 N–H and O–H groups in total. The number of amides is 1. The van der Waals surface area contributed by atoms with E-state index in [1.54, 1.807) is 29.2 Å². The molecular formula is C13H17N3O2. The average molecular weight is 247 g/mol. The van der Waals surface area contributed by atoms with Crippen molar-refractivity contribution in [3.05, 3.63) is 30.3 Å². The van der Waals surface area contributed by atoms with Gasteiger partial charge in [0.25, 0.3) is 0 Å². The summed E-state index contributed by atoms with van der Waals surface area (Å²) in [5.74, 6) is 0.537. The van der Waals surface area contributed by atoms with E-state index in [1.165, 1.54) is 0 Å². The number of para-hydroxylation sites is 1. The van der Waals surface area contributed by atoms with Gasteiger partial charge < -0.3 is 10.5 Å². The van der Waals surface area contributed by atoms with Gasteiger partial charge in [-0.2, -0.15) is 0 Å². The minimum atomic E-state index is -0.430. The van der Waals surface area contributed by atoms with Crippen LogP contribution >= 0.6 is 0 Å². The zero-order valence-electron chi connectivity index (χ0n) is 10.1. The van der Waals surface area contributed by atoms with Gasteiger partial charge in [-0.1, -0.05) is 18.2 Å². The van der Waals surface area contributed by atoms with Crippen LogP contribution in [0.25, 0.3) is 0 Å². The molecule has 1 saturated heterocycles. The lowest BCUT2D eigenvalue weighted by Gasteiger charge is -2.33. The molecule has 96 valence electrons. The number of carbonyl (C=O) groups excluding carboxylic acids is 1. The Morgan fingerprint density at radius 1 is 1.33 bits per heavy atom. The van der Waals surface area contributed by atoms with Crippen LogP contribution in [0.15, 0.2) is 30.3 Å². The summed E-state index contributed by atoms with van der Waals surface area (Å²) in [6.45, 7) is 0.593. The Hall–Kier alpha value is -2.04. The van der Waals surface area contributed by atoms with Gasteiger partial charge in [0.2, 0.25) is 0 Å². The first-order valence-electron chi connectivity index (χ1n) is 6.06. The van der Waals surface area contributed by atoms with Crippen molar-refractivity contribution in [1.82, 2.24) is 4.90 Å². The van der Waals surface area contributed by atoms with Crippen LogP contribution in [0.2, 0.25) is 0 Å². The fourth-order valence-corrected chi connectivity index (χ4v) is 2.12. The molecule has 1 fully saturated rings. The number of rotatable bonds is 2. The summed E-state index contributed by atoms with van der Waals surface area (Å²) >= 11 is 0. The number of hydrogen-bond acceptors (Lipinski definition) is 3. The fourth-order valence-electron chi connectivity index (χ4n) is 2.12. The van der Waals surface area contributed by atoms with E-state index < -0.39 is 6.09 Å². The van der Waals surface area contributed by atoms with Crippen LogP contribution in [0.1, 0.15) is 19.3 Å². The van der Waals surface area contributed by atoms with Crippen LogP contribution in [0.3, 0.4) is 0 Å². The van der Waals surface area contributed by atoms with E-state index in [9.17, 15) is 4.79 Å².